The quantitative estimate of drug-likeness (QED) is 0.212. The summed E-state index contributed by atoms with van der Waals surface area (Å²) in [6.07, 6.45) is 7.13. The van der Waals surface area contributed by atoms with Crippen LogP contribution < -0.4 is 24.8 Å². The summed E-state index contributed by atoms with van der Waals surface area (Å²) in [4.78, 5) is 0. The molecule has 3 aliphatic rings. The van der Waals surface area contributed by atoms with Crippen LogP contribution in [0.2, 0.25) is 0 Å². The first-order chi connectivity index (χ1) is 21.8. The normalized spacial score (nSPS) is 15.0. The maximum Gasteiger partial charge on any atom is -0.172 e. The molecule has 244 valence electrons. The molecule has 0 nitrogen and oxygen atoms in total. The first kappa shape index (κ1) is 37.9. The van der Waals surface area contributed by atoms with Gasteiger partial charge in [0.15, 0.2) is 0 Å². The topological polar surface area (TPSA) is 0 Å². The zero-order valence-electron chi connectivity index (χ0n) is 29.4. The molecule has 0 saturated heterocycles. The van der Waals surface area contributed by atoms with Gasteiger partial charge in [0.2, 0.25) is 0 Å². The fraction of sp³-hybridized carbons (Fsp3) is 0.244. The zero-order chi connectivity index (χ0) is 32.8. The van der Waals surface area contributed by atoms with Crippen molar-refractivity contribution in [1.29, 1.82) is 0 Å². The monoisotopic (exact) mass is 744 g/mol. The van der Waals surface area contributed by atoms with Crippen LogP contribution in [0.1, 0.15) is 97.2 Å². The van der Waals surface area contributed by atoms with E-state index in [2.05, 4.69) is 140 Å². The summed E-state index contributed by atoms with van der Waals surface area (Å²) in [5.41, 5.74) is 19.9. The van der Waals surface area contributed by atoms with Gasteiger partial charge in [-0.1, -0.05) is 58.2 Å². The van der Waals surface area contributed by atoms with Gasteiger partial charge in [0.05, 0.1) is 0 Å². The Bertz CT molecular complexity index is 1840. The Morgan fingerprint density at radius 3 is 1.60 bits per heavy atom. The summed E-state index contributed by atoms with van der Waals surface area (Å²) in [6, 6.07) is 37.3. The minimum absolute atomic E-state index is 0. The van der Waals surface area contributed by atoms with Crippen molar-refractivity contribution in [3.8, 4) is 11.1 Å². The number of benzene rings is 4. The van der Waals surface area contributed by atoms with Gasteiger partial charge in [-0.25, -0.2) is 17.7 Å². The van der Waals surface area contributed by atoms with E-state index in [0.29, 0.717) is 0 Å². The molecule has 0 saturated carbocycles. The standard InChI is InChI=1S/C25H25.C15H14.C5H5.2ClH.Zr/c1-14-12-24(3,4)22-8-16-7-17-9-23-19(15(2)13-25(23,5)6)11-21(17)20(16)10-18(14)22;1-12-3-7-14(8-4-12)11-15-9-5-13(2)6-10-15;1-2-4-5-3-1;;;/h8-12H,7H2,1-6H3;3-10H,1-2H3;1-5H;2*1H;/q-1;;-1;;;+2/p-2. The number of rotatable bonds is 2. The molecule has 0 fully saturated rings. The van der Waals surface area contributed by atoms with Gasteiger partial charge in [0.25, 0.3) is 0 Å². The first-order valence-corrected chi connectivity index (χ1v) is 17.6. The van der Waals surface area contributed by atoms with E-state index >= 15 is 0 Å². The van der Waals surface area contributed by atoms with Crippen LogP contribution in [0.4, 0.5) is 0 Å². The van der Waals surface area contributed by atoms with Crippen LogP contribution in [0.25, 0.3) is 22.3 Å². The van der Waals surface area contributed by atoms with E-state index in [1.807, 2.05) is 30.3 Å². The summed E-state index contributed by atoms with van der Waals surface area (Å²) in [5, 5.41) is 0. The van der Waals surface area contributed by atoms with Gasteiger partial charge in [-0.15, -0.1) is 11.6 Å². The first-order valence-electron chi connectivity index (χ1n) is 16.4. The molecule has 0 unspecified atom stereocenters. The smallest absolute Gasteiger partial charge is 0.172 e. The molecular formula is C45H44Cl2Zr-2. The maximum atomic E-state index is 3.65. The van der Waals surface area contributed by atoms with Crippen LogP contribution in [-0.4, -0.2) is 3.21 Å². The number of fused-ring (bicyclic) bond motifs is 5. The van der Waals surface area contributed by atoms with Crippen molar-refractivity contribution in [2.45, 2.75) is 72.6 Å². The van der Waals surface area contributed by atoms with Gasteiger partial charge < -0.3 is 24.8 Å². The van der Waals surface area contributed by atoms with Crippen LogP contribution >= 0.6 is 0 Å². The van der Waals surface area contributed by atoms with Crippen molar-refractivity contribution in [3.63, 3.8) is 0 Å². The molecule has 3 aliphatic carbocycles. The number of aryl methyl sites for hydroxylation is 2. The molecule has 0 bridgehead atoms. The van der Waals surface area contributed by atoms with Crippen LogP contribution in [0.5, 0.6) is 0 Å². The molecular weight excluding hydrogens is 703 g/mol. The number of allylic oxidation sites excluding steroid dienone is 4. The molecule has 0 aliphatic heterocycles. The largest absolute Gasteiger partial charge is 1.00 e. The van der Waals surface area contributed by atoms with Crippen molar-refractivity contribution >= 4 is 14.4 Å². The summed E-state index contributed by atoms with van der Waals surface area (Å²) < 4.78 is 1.42. The molecule has 0 heterocycles. The van der Waals surface area contributed by atoms with E-state index in [-0.39, 0.29) is 35.6 Å². The Balaban J connectivity index is 0.000000195. The maximum absolute atomic E-state index is 3.65. The molecule has 3 heteroatoms. The predicted molar refractivity (Wildman–Crippen MR) is 194 cm³/mol. The van der Waals surface area contributed by atoms with Gasteiger partial charge in [0.1, 0.15) is 0 Å². The molecule has 0 N–H and O–H groups in total. The SMILES string of the molecule is CC1=[C-]C(C)(C)c2cc3c(cc21)-c1cc2c(cc1C3)C(C)(C)C=C2C.Cc1ccc([C](=[Zr+2])c2ccc(C)cc2)cc1.[Cl-].[Cl-].c1cc[cH-]c1. The molecule has 48 heavy (non-hydrogen) atoms. The Hall–Kier alpha value is -2.96. The fourth-order valence-electron chi connectivity index (χ4n) is 7.20. The second-order valence-electron chi connectivity index (χ2n) is 14.3. The summed E-state index contributed by atoms with van der Waals surface area (Å²) in [6.45, 7) is 17.9. The third kappa shape index (κ3) is 7.60. The van der Waals surface area contributed by atoms with Crippen LogP contribution in [0.15, 0.2) is 109 Å². The fourth-order valence-corrected chi connectivity index (χ4v) is 8.02. The molecule has 0 radical (unpaired) electrons. The minimum Gasteiger partial charge on any atom is -1.00 e. The number of halogens is 2. The van der Waals surface area contributed by atoms with Crippen molar-refractivity contribution in [3.05, 3.63) is 171 Å². The Kier molecular flexibility index (Phi) is 11.7. The molecule has 8 rings (SSSR count). The van der Waals surface area contributed by atoms with E-state index in [1.54, 1.807) is 0 Å². The van der Waals surface area contributed by atoms with E-state index in [1.165, 1.54) is 105 Å². The summed E-state index contributed by atoms with van der Waals surface area (Å²) >= 11 is 1.46. The molecule has 0 aromatic heterocycles. The van der Waals surface area contributed by atoms with Gasteiger partial charge in [-0.3, -0.25) is 6.08 Å². The average Bonchev–Trinajstić information content (AvgIpc) is 3.79. The van der Waals surface area contributed by atoms with E-state index in [0.717, 1.165) is 6.42 Å². The second-order valence-corrected chi connectivity index (χ2v) is 15.5. The van der Waals surface area contributed by atoms with E-state index < -0.39 is 0 Å². The predicted octanol–water partition coefficient (Wildman–Crippen LogP) is 5.28. The third-order valence-corrected chi connectivity index (χ3v) is 11.1. The third-order valence-electron chi connectivity index (χ3n) is 9.67. The van der Waals surface area contributed by atoms with Crippen LogP contribution in [-0.2, 0) is 41.5 Å². The molecule has 0 atom stereocenters. The van der Waals surface area contributed by atoms with E-state index in [4.69, 9.17) is 0 Å². The van der Waals surface area contributed by atoms with Crippen molar-refractivity contribution in [2.75, 3.05) is 0 Å². The van der Waals surface area contributed by atoms with Gasteiger partial charge >= 0.3 is 112 Å². The second kappa shape index (κ2) is 14.9. The van der Waals surface area contributed by atoms with Crippen molar-refractivity contribution < 1.29 is 49.0 Å². The average molecular weight is 747 g/mol. The van der Waals surface area contributed by atoms with Crippen molar-refractivity contribution in [2.24, 2.45) is 0 Å². The van der Waals surface area contributed by atoms with Crippen LogP contribution in [0, 0.1) is 19.9 Å². The molecule has 5 aromatic carbocycles. The molecule has 5 aromatic rings. The van der Waals surface area contributed by atoms with Gasteiger partial charge in [-0.2, -0.15) is 23.8 Å². The molecule has 0 amide bonds. The number of hydrogen-bond donors (Lipinski definition) is 0. The number of hydrogen-bond acceptors (Lipinski definition) is 0. The van der Waals surface area contributed by atoms with Crippen molar-refractivity contribution in [1.82, 2.24) is 0 Å². The Morgan fingerprint density at radius 2 is 1.12 bits per heavy atom. The van der Waals surface area contributed by atoms with Gasteiger partial charge in [-0.05, 0) is 58.4 Å². The zero-order valence-corrected chi connectivity index (χ0v) is 33.3. The molecule has 0 spiro atoms. The van der Waals surface area contributed by atoms with Crippen LogP contribution in [0.3, 0.4) is 0 Å². The summed E-state index contributed by atoms with van der Waals surface area (Å²) in [7, 11) is 0. The van der Waals surface area contributed by atoms with Gasteiger partial charge in [0, 0.05) is 5.41 Å². The minimum atomic E-state index is 0. The van der Waals surface area contributed by atoms with E-state index in [9.17, 15) is 0 Å². The summed E-state index contributed by atoms with van der Waals surface area (Å²) in [5.74, 6) is 0. The Morgan fingerprint density at radius 1 is 0.646 bits per heavy atom. The Labute approximate surface area is 315 Å².